The van der Waals surface area contributed by atoms with Crippen molar-refractivity contribution in [3.63, 3.8) is 0 Å². The average molecular weight is 499 g/mol. The Morgan fingerprint density at radius 2 is 1.76 bits per heavy atom. The smallest absolute Gasteiger partial charge is 0.330 e. The molecule has 5 aromatic rings. The lowest BCUT2D eigenvalue weighted by Crippen LogP contribution is -2.36. The molecule has 0 fully saturated rings. The van der Waals surface area contributed by atoms with E-state index in [0.29, 0.717) is 33.7 Å². The SMILES string of the molecule is Cc1ccc(-c2c3c(=O)n(C)c(=O)n(C)c3cn2-c2ccc(NC(=O)c3ccco3)cc2)cc1[N+](=O)[O-]. The number of furan rings is 1. The molecule has 0 saturated heterocycles. The number of aryl methyl sites for hydroxylation is 2. The van der Waals surface area contributed by atoms with Gasteiger partial charge in [0.05, 0.1) is 27.8 Å². The van der Waals surface area contributed by atoms with Crippen LogP contribution in [0.5, 0.6) is 0 Å². The predicted molar refractivity (Wildman–Crippen MR) is 137 cm³/mol. The van der Waals surface area contributed by atoms with E-state index in [9.17, 15) is 24.5 Å². The third-order valence-electron chi connectivity index (χ3n) is 6.27. The number of carbonyl (C=O) groups excluding carboxylic acids is 1. The molecule has 0 radical (unpaired) electrons. The van der Waals surface area contributed by atoms with Crippen molar-refractivity contribution in [2.45, 2.75) is 6.92 Å². The summed E-state index contributed by atoms with van der Waals surface area (Å²) in [5, 5.41) is 14.6. The Balaban J connectivity index is 1.71. The van der Waals surface area contributed by atoms with Gasteiger partial charge in [-0.05, 0) is 43.3 Å². The second-order valence-corrected chi connectivity index (χ2v) is 8.55. The zero-order valence-electron chi connectivity index (χ0n) is 20.1. The summed E-state index contributed by atoms with van der Waals surface area (Å²) in [6.45, 7) is 1.64. The predicted octanol–water partition coefficient (Wildman–Crippen LogP) is 3.76. The third kappa shape index (κ3) is 3.92. The summed E-state index contributed by atoms with van der Waals surface area (Å²) < 4.78 is 9.18. The first-order chi connectivity index (χ1) is 17.7. The van der Waals surface area contributed by atoms with E-state index in [0.717, 1.165) is 4.57 Å². The van der Waals surface area contributed by atoms with Gasteiger partial charge in [-0.1, -0.05) is 12.1 Å². The molecule has 3 aromatic heterocycles. The Labute approximate surface area is 209 Å². The number of rotatable bonds is 5. The molecule has 0 saturated carbocycles. The van der Waals surface area contributed by atoms with Crippen LogP contribution in [0.4, 0.5) is 11.4 Å². The maximum absolute atomic E-state index is 13.3. The summed E-state index contributed by atoms with van der Waals surface area (Å²) in [7, 11) is 2.95. The van der Waals surface area contributed by atoms with Crippen molar-refractivity contribution in [2.24, 2.45) is 14.1 Å². The fraction of sp³-hybridized carbons (Fsp3) is 0.115. The van der Waals surface area contributed by atoms with E-state index >= 15 is 0 Å². The van der Waals surface area contributed by atoms with E-state index in [-0.39, 0.29) is 16.8 Å². The molecule has 11 heteroatoms. The van der Waals surface area contributed by atoms with Gasteiger partial charge >= 0.3 is 5.69 Å². The number of nitro groups is 1. The number of fused-ring (bicyclic) bond motifs is 1. The van der Waals surface area contributed by atoms with Gasteiger partial charge in [-0.25, -0.2) is 4.79 Å². The molecule has 2 aromatic carbocycles. The van der Waals surface area contributed by atoms with Gasteiger partial charge < -0.3 is 14.3 Å². The molecule has 0 spiro atoms. The molecule has 186 valence electrons. The highest BCUT2D eigenvalue weighted by Crippen LogP contribution is 2.34. The second-order valence-electron chi connectivity index (χ2n) is 8.55. The van der Waals surface area contributed by atoms with Crippen LogP contribution in [-0.4, -0.2) is 24.5 Å². The molecule has 0 aliphatic rings. The van der Waals surface area contributed by atoms with Gasteiger partial charge in [0.1, 0.15) is 0 Å². The Morgan fingerprint density at radius 1 is 1.03 bits per heavy atom. The van der Waals surface area contributed by atoms with Crippen molar-refractivity contribution in [3.8, 4) is 16.9 Å². The highest BCUT2D eigenvalue weighted by atomic mass is 16.6. The highest BCUT2D eigenvalue weighted by molar-refractivity contribution is 6.02. The molecule has 0 aliphatic heterocycles. The lowest BCUT2D eigenvalue weighted by Gasteiger charge is -2.12. The number of nitrogens with zero attached hydrogens (tertiary/aromatic N) is 4. The number of carbonyl (C=O) groups is 1. The van der Waals surface area contributed by atoms with Crippen molar-refractivity contribution in [2.75, 3.05) is 5.32 Å². The summed E-state index contributed by atoms with van der Waals surface area (Å²) in [6, 6.07) is 14.7. The standard InChI is InChI=1S/C26H21N5O6/c1-15-6-7-16(13-19(15)31(35)36)23-22-20(28(2)26(34)29(3)25(22)33)14-30(23)18-10-8-17(9-11-18)27-24(32)21-5-4-12-37-21/h4-14H,1-3H3,(H,27,32). The van der Waals surface area contributed by atoms with Crippen molar-refractivity contribution < 1.29 is 14.1 Å². The number of amides is 1. The van der Waals surface area contributed by atoms with E-state index in [2.05, 4.69) is 5.32 Å². The molecular formula is C26H21N5O6. The minimum atomic E-state index is -0.516. The molecule has 0 atom stereocenters. The molecule has 0 aliphatic carbocycles. The minimum Gasteiger partial charge on any atom is -0.459 e. The largest absolute Gasteiger partial charge is 0.459 e. The molecule has 11 nitrogen and oxygen atoms in total. The molecular weight excluding hydrogens is 478 g/mol. The summed E-state index contributed by atoms with van der Waals surface area (Å²) in [5.74, 6) is -0.239. The van der Waals surface area contributed by atoms with Gasteiger partial charge in [-0.3, -0.25) is 28.8 Å². The summed E-state index contributed by atoms with van der Waals surface area (Å²) in [5.41, 5.74) is 1.73. The molecule has 1 N–H and O–H groups in total. The molecule has 1 amide bonds. The number of hydrogen-bond donors (Lipinski definition) is 1. The number of aromatic nitrogens is 3. The van der Waals surface area contributed by atoms with Gasteiger partial charge in [0.25, 0.3) is 17.2 Å². The van der Waals surface area contributed by atoms with Crippen LogP contribution in [0.2, 0.25) is 0 Å². The van der Waals surface area contributed by atoms with Crippen molar-refractivity contribution in [1.29, 1.82) is 0 Å². The molecule has 0 bridgehead atoms. The third-order valence-corrected chi connectivity index (χ3v) is 6.27. The second kappa shape index (κ2) is 8.79. The summed E-state index contributed by atoms with van der Waals surface area (Å²) >= 11 is 0. The Bertz CT molecular complexity index is 1810. The van der Waals surface area contributed by atoms with Crippen molar-refractivity contribution >= 4 is 28.2 Å². The molecule has 3 heterocycles. The van der Waals surface area contributed by atoms with Gasteiger partial charge in [0.15, 0.2) is 5.76 Å². The fourth-order valence-electron chi connectivity index (χ4n) is 4.29. The van der Waals surface area contributed by atoms with Crippen LogP contribution in [0.3, 0.4) is 0 Å². The number of benzene rings is 2. The van der Waals surface area contributed by atoms with Crippen LogP contribution >= 0.6 is 0 Å². The maximum atomic E-state index is 13.3. The van der Waals surface area contributed by atoms with Crippen LogP contribution in [0.15, 0.2) is 81.1 Å². The molecule has 37 heavy (non-hydrogen) atoms. The van der Waals surface area contributed by atoms with E-state index < -0.39 is 22.1 Å². The van der Waals surface area contributed by atoms with Crippen LogP contribution in [0, 0.1) is 17.0 Å². The van der Waals surface area contributed by atoms with Crippen molar-refractivity contribution in [1.82, 2.24) is 13.7 Å². The van der Waals surface area contributed by atoms with Gasteiger partial charge in [-0.15, -0.1) is 0 Å². The first-order valence-electron chi connectivity index (χ1n) is 11.2. The van der Waals surface area contributed by atoms with Gasteiger partial charge in [0, 0.05) is 48.9 Å². The van der Waals surface area contributed by atoms with E-state index in [4.69, 9.17) is 4.42 Å². The Kier molecular flexibility index (Phi) is 5.59. The lowest BCUT2D eigenvalue weighted by molar-refractivity contribution is -0.385. The van der Waals surface area contributed by atoms with Crippen LogP contribution in [0.25, 0.3) is 27.8 Å². The number of hydrogen-bond acceptors (Lipinski definition) is 6. The zero-order chi connectivity index (χ0) is 26.4. The first kappa shape index (κ1) is 23.5. The summed E-state index contributed by atoms with van der Waals surface area (Å²) in [4.78, 5) is 49.3. The minimum absolute atomic E-state index is 0.0870. The van der Waals surface area contributed by atoms with E-state index in [1.54, 1.807) is 73.3 Å². The number of nitrogens with one attached hydrogen (secondary N) is 1. The van der Waals surface area contributed by atoms with Gasteiger partial charge in [-0.2, -0.15) is 0 Å². The number of nitro benzene ring substituents is 1. The first-order valence-corrected chi connectivity index (χ1v) is 11.2. The Morgan fingerprint density at radius 3 is 2.41 bits per heavy atom. The topological polar surface area (TPSA) is 134 Å². The van der Waals surface area contributed by atoms with Crippen LogP contribution in [-0.2, 0) is 14.1 Å². The van der Waals surface area contributed by atoms with Crippen LogP contribution in [0.1, 0.15) is 16.1 Å². The average Bonchev–Trinajstić information content (AvgIpc) is 3.56. The van der Waals surface area contributed by atoms with Crippen molar-refractivity contribution in [3.05, 3.63) is 109 Å². The van der Waals surface area contributed by atoms with Crippen LogP contribution < -0.4 is 16.6 Å². The normalized spacial score (nSPS) is 11.1. The summed E-state index contributed by atoms with van der Waals surface area (Å²) in [6.07, 6.45) is 3.05. The molecule has 0 unspecified atom stereocenters. The highest BCUT2D eigenvalue weighted by Gasteiger charge is 2.22. The lowest BCUT2D eigenvalue weighted by atomic mass is 10.1. The van der Waals surface area contributed by atoms with Gasteiger partial charge in [0.2, 0.25) is 0 Å². The fourth-order valence-corrected chi connectivity index (χ4v) is 4.29. The molecule has 5 rings (SSSR count). The monoisotopic (exact) mass is 499 g/mol. The van der Waals surface area contributed by atoms with E-state index in [1.807, 2.05) is 0 Å². The number of anilines is 1. The quantitative estimate of drug-likeness (QED) is 0.289. The zero-order valence-corrected chi connectivity index (χ0v) is 20.1. The van der Waals surface area contributed by atoms with E-state index in [1.165, 1.54) is 23.9 Å². The Hall–Kier alpha value is -5.19. The maximum Gasteiger partial charge on any atom is 0.330 e.